The predicted octanol–water partition coefficient (Wildman–Crippen LogP) is 1.05. The van der Waals surface area contributed by atoms with Gasteiger partial charge in [0.25, 0.3) is 0 Å². The summed E-state index contributed by atoms with van der Waals surface area (Å²) < 4.78 is 0. The maximum absolute atomic E-state index is 11.8. The average molecular weight is 226 g/mol. The molecule has 5 heteroatoms. The van der Waals surface area contributed by atoms with E-state index in [0.717, 1.165) is 12.8 Å². The van der Waals surface area contributed by atoms with Crippen LogP contribution in [-0.2, 0) is 4.79 Å². The summed E-state index contributed by atoms with van der Waals surface area (Å²) >= 11 is 0. The Labute approximate surface area is 94.8 Å². The van der Waals surface area contributed by atoms with Crippen LogP contribution < -0.4 is 5.32 Å². The zero-order valence-electron chi connectivity index (χ0n) is 9.32. The smallest absolute Gasteiger partial charge is 0.407 e. The molecule has 90 valence electrons. The number of hydrogen-bond acceptors (Lipinski definition) is 2. The molecular formula is C11H18N2O3. The minimum Gasteiger partial charge on any atom is -0.465 e. The first-order chi connectivity index (χ1) is 7.66. The third-order valence-electron chi connectivity index (χ3n) is 3.53. The molecule has 2 aliphatic rings. The second-order valence-electron chi connectivity index (χ2n) is 4.70. The number of carboxylic acid groups (broad SMARTS) is 1. The number of hydrogen-bond donors (Lipinski definition) is 2. The molecular weight excluding hydrogens is 208 g/mol. The molecule has 0 aromatic heterocycles. The van der Waals surface area contributed by atoms with Gasteiger partial charge in [0.2, 0.25) is 5.91 Å². The molecule has 1 saturated carbocycles. The fourth-order valence-corrected chi connectivity index (χ4v) is 2.54. The van der Waals surface area contributed by atoms with E-state index < -0.39 is 6.09 Å². The zero-order chi connectivity index (χ0) is 11.5. The van der Waals surface area contributed by atoms with Crippen LogP contribution in [0, 0.1) is 5.92 Å². The van der Waals surface area contributed by atoms with Gasteiger partial charge in [-0.3, -0.25) is 4.79 Å². The molecule has 2 N–H and O–H groups in total. The van der Waals surface area contributed by atoms with Crippen LogP contribution in [0.3, 0.4) is 0 Å². The summed E-state index contributed by atoms with van der Waals surface area (Å²) in [6.45, 7) is 0.839. The third-order valence-corrected chi connectivity index (χ3v) is 3.53. The number of likely N-dealkylation sites (tertiary alicyclic amines) is 1. The molecule has 5 nitrogen and oxygen atoms in total. The van der Waals surface area contributed by atoms with Gasteiger partial charge in [0.15, 0.2) is 0 Å². The van der Waals surface area contributed by atoms with Gasteiger partial charge < -0.3 is 15.3 Å². The summed E-state index contributed by atoms with van der Waals surface area (Å²) in [5, 5.41) is 11.8. The topological polar surface area (TPSA) is 69.6 Å². The summed E-state index contributed by atoms with van der Waals surface area (Å²) in [6.07, 6.45) is 4.26. The number of amides is 2. The predicted molar refractivity (Wildman–Crippen MR) is 58.1 cm³/mol. The summed E-state index contributed by atoms with van der Waals surface area (Å²) in [4.78, 5) is 23.9. The molecule has 2 rings (SSSR count). The molecule has 1 atom stereocenters. The van der Waals surface area contributed by atoms with Crippen molar-refractivity contribution in [2.75, 3.05) is 13.1 Å². The Hall–Kier alpha value is -1.26. The van der Waals surface area contributed by atoms with Gasteiger partial charge in [-0.2, -0.15) is 0 Å². The largest absolute Gasteiger partial charge is 0.465 e. The summed E-state index contributed by atoms with van der Waals surface area (Å²) in [6, 6.07) is 0.325. The molecule has 16 heavy (non-hydrogen) atoms. The first-order valence-electron chi connectivity index (χ1n) is 5.95. The van der Waals surface area contributed by atoms with E-state index >= 15 is 0 Å². The fraction of sp³-hybridized carbons (Fsp3) is 0.818. The van der Waals surface area contributed by atoms with Crippen LogP contribution in [0.25, 0.3) is 0 Å². The lowest BCUT2D eigenvalue weighted by Gasteiger charge is -2.16. The van der Waals surface area contributed by atoms with Gasteiger partial charge >= 0.3 is 6.09 Å². The van der Waals surface area contributed by atoms with Gasteiger partial charge in [-0.05, 0) is 19.3 Å². The van der Waals surface area contributed by atoms with Crippen LogP contribution >= 0.6 is 0 Å². The van der Waals surface area contributed by atoms with E-state index in [2.05, 4.69) is 5.32 Å². The average Bonchev–Trinajstić information content (AvgIpc) is 2.86. The SMILES string of the molecule is O=C(NC1CCCC1)C1CCN(C(=O)O)C1. The van der Waals surface area contributed by atoms with E-state index in [-0.39, 0.29) is 11.8 Å². The Kier molecular flexibility index (Phi) is 3.31. The molecule has 1 aliphatic heterocycles. The molecule has 2 fully saturated rings. The summed E-state index contributed by atoms with van der Waals surface area (Å²) in [5.74, 6) is -0.104. The molecule has 1 aliphatic carbocycles. The van der Waals surface area contributed by atoms with Gasteiger partial charge in [-0.15, -0.1) is 0 Å². The van der Waals surface area contributed by atoms with Crippen LogP contribution in [0.2, 0.25) is 0 Å². The lowest BCUT2D eigenvalue weighted by atomic mass is 10.1. The highest BCUT2D eigenvalue weighted by Crippen LogP contribution is 2.20. The number of carbonyl (C=O) groups excluding carboxylic acids is 1. The molecule has 0 spiro atoms. The minimum atomic E-state index is -0.920. The highest BCUT2D eigenvalue weighted by Gasteiger charge is 2.32. The summed E-state index contributed by atoms with van der Waals surface area (Å²) in [7, 11) is 0. The zero-order valence-corrected chi connectivity index (χ0v) is 9.32. The van der Waals surface area contributed by atoms with Gasteiger partial charge in [-0.1, -0.05) is 12.8 Å². The van der Waals surface area contributed by atoms with Gasteiger partial charge in [0.05, 0.1) is 5.92 Å². The quantitative estimate of drug-likeness (QED) is 0.739. The molecule has 1 heterocycles. The number of nitrogens with zero attached hydrogens (tertiary/aromatic N) is 1. The van der Waals surface area contributed by atoms with Gasteiger partial charge in [0.1, 0.15) is 0 Å². The number of nitrogens with one attached hydrogen (secondary N) is 1. The second-order valence-corrected chi connectivity index (χ2v) is 4.70. The van der Waals surface area contributed by atoms with Crippen molar-refractivity contribution in [1.82, 2.24) is 10.2 Å². The van der Waals surface area contributed by atoms with E-state index in [1.807, 2.05) is 0 Å². The Morgan fingerprint density at radius 3 is 2.44 bits per heavy atom. The van der Waals surface area contributed by atoms with E-state index in [4.69, 9.17) is 5.11 Å². The van der Waals surface area contributed by atoms with E-state index in [9.17, 15) is 9.59 Å². The van der Waals surface area contributed by atoms with Crippen molar-refractivity contribution in [2.45, 2.75) is 38.1 Å². The maximum atomic E-state index is 11.8. The van der Waals surface area contributed by atoms with Crippen molar-refractivity contribution >= 4 is 12.0 Å². The normalized spacial score (nSPS) is 26.0. The highest BCUT2D eigenvalue weighted by molar-refractivity contribution is 5.80. The standard InChI is InChI=1S/C11H18N2O3/c14-10(12-9-3-1-2-4-9)8-5-6-13(7-8)11(15)16/h8-9H,1-7H2,(H,12,14)(H,15,16). The van der Waals surface area contributed by atoms with Crippen molar-refractivity contribution in [3.05, 3.63) is 0 Å². The molecule has 0 bridgehead atoms. The molecule has 1 unspecified atom stereocenters. The van der Waals surface area contributed by atoms with Crippen LogP contribution in [0.15, 0.2) is 0 Å². The Morgan fingerprint density at radius 1 is 1.19 bits per heavy atom. The van der Waals surface area contributed by atoms with E-state index in [1.165, 1.54) is 17.7 Å². The molecule has 0 aromatic carbocycles. The number of rotatable bonds is 2. The van der Waals surface area contributed by atoms with Gasteiger partial charge in [0, 0.05) is 19.1 Å². The minimum absolute atomic E-state index is 0.0376. The summed E-state index contributed by atoms with van der Waals surface area (Å²) in [5.41, 5.74) is 0. The first kappa shape index (κ1) is 11.2. The monoisotopic (exact) mass is 226 g/mol. The van der Waals surface area contributed by atoms with Crippen LogP contribution in [-0.4, -0.2) is 41.1 Å². The van der Waals surface area contributed by atoms with Crippen molar-refractivity contribution in [1.29, 1.82) is 0 Å². The Morgan fingerprint density at radius 2 is 1.88 bits per heavy atom. The molecule has 2 amide bonds. The van der Waals surface area contributed by atoms with E-state index in [0.29, 0.717) is 25.6 Å². The van der Waals surface area contributed by atoms with Crippen molar-refractivity contribution in [3.8, 4) is 0 Å². The Balaban J connectivity index is 1.79. The van der Waals surface area contributed by atoms with Crippen LogP contribution in [0.5, 0.6) is 0 Å². The van der Waals surface area contributed by atoms with Crippen molar-refractivity contribution in [2.24, 2.45) is 5.92 Å². The lowest BCUT2D eigenvalue weighted by molar-refractivity contribution is -0.125. The first-order valence-corrected chi connectivity index (χ1v) is 5.95. The van der Waals surface area contributed by atoms with Crippen LogP contribution in [0.4, 0.5) is 4.79 Å². The molecule has 1 saturated heterocycles. The maximum Gasteiger partial charge on any atom is 0.407 e. The van der Waals surface area contributed by atoms with Crippen molar-refractivity contribution in [3.63, 3.8) is 0 Å². The fourth-order valence-electron chi connectivity index (χ4n) is 2.54. The van der Waals surface area contributed by atoms with Gasteiger partial charge in [-0.25, -0.2) is 4.79 Å². The Bertz CT molecular complexity index is 287. The number of carbonyl (C=O) groups is 2. The van der Waals surface area contributed by atoms with Crippen LogP contribution in [0.1, 0.15) is 32.1 Å². The lowest BCUT2D eigenvalue weighted by Crippen LogP contribution is -2.38. The second kappa shape index (κ2) is 4.72. The third kappa shape index (κ3) is 2.46. The van der Waals surface area contributed by atoms with E-state index in [1.54, 1.807) is 0 Å². The highest BCUT2D eigenvalue weighted by atomic mass is 16.4. The van der Waals surface area contributed by atoms with Crippen molar-refractivity contribution < 1.29 is 14.7 Å². The molecule has 0 aromatic rings. The molecule has 0 radical (unpaired) electrons.